The number of aromatic nitrogens is 3. The summed E-state index contributed by atoms with van der Waals surface area (Å²) in [5.74, 6) is -0.755. The second-order valence-electron chi connectivity index (χ2n) is 7.47. The van der Waals surface area contributed by atoms with Gasteiger partial charge in [-0.15, -0.1) is 0 Å². The van der Waals surface area contributed by atoms with E-state index in [1.165, 1.54) is 41.2 Å². The van der Waals surface area contributed by atoms with Crippen LogP contribution in [0.1, 0.15) is 51.7 Å². The fraction of sp³-hybridized carbons (Fsp3) is 0.273. The van der Waals surface area contributed by atoms with Crippen molar-refractivity contribution in [1.82, 2.24) is 25.4 Å². The molecule has 1 aromatic carbocycles. The van der Waals surface area contributed by atoms with Gasteiger partial charge in [0.15, 0.2) is 5.82 Å². The highest BCUT2D eigenvalue weighted by molar-refractivity contribution is 5.96. The van der Waals surface area contributed by atoms with E-state index in [1.807, 2.05) is 13.8 Å². The Bertz CT molecular complexity index is 1120. The molecule has 174 valence electrons. The molecule has 0 spiro atoms. The molecule has 0 radical (unpaired) electrons. The number of amides is 2. The molecule has 0 saturated carbocycles. The maximum absolute atomic E-state index is 12.8. The number of alkyl halides is 3. The number of halogens is 3. The first-order chi connectivity index (χ1) is 15.6. The van der Waals surface area contributed by atoms with E-state index in [2.05, 4.69) is 20.7 Å². The van der Waals surface area contributed by atoms with Gasteiger partial charge >= 0.3 is 6.18 Å². The SMILES string of the molecule is CC(C)c1c(C(=O)NCCNC(=O)c2ccc(O)cc2)cnn1-c1ccc(C(F)(F)F)cn1. The topological polar surface area (TPSA) is 109 Å². The Balaban J connectivity index is 1.65. The third-order valence-corrected chi connectivity index (χ3v) is 4.72. The minimum atomic E-state index is -4.50. The Morgan fingerprint density at radius 3 is 2.18 bits per heavy atom. The fourth-order valence-corrected chi connectivity index (χ4v) is 3.11. The molecule has 2 amide bonds. The van der Waals surface area contributed by atoms with Gasteiger partial charge in [0.2, 0.25) is 0 Å². The lowest BCUT2D eigenvalue weighted by Crippen LogP contribution is -2.35. The number of benzene rings is 1. The van der Waals surface area contributed by atoms with Crippen molar-refractivity contribution in [1.29, 1.82) is 0 Å². The smallest absolute Gasteiger partial charge is 0.417 e. The molecule has 0 aliphatic carbocycles. The minimum absolute atomic E-state index is 0.0480. The van der Waals surface area contributed by atoms with Crippen LogP contribution in [0.2, 0.25) is 0 Å². The summed E-state index contributed by atoms with van der Waals surface area (Å²) in [6, 6.07) is 7.84. The molecule has 0 saturated heterocycles. The number of carbonyl (C=O) groups is 2. The van der Waals surface area contributed by atoms with Gasteiger partial charge < -0.3 is 15.7 Å². The maximum Gasteiger partial charge on any atom is 0.417 e. The van der Waals surface area contributed by atoms with Crippen LogP contribution in [0.25, 0.3) is 5.82 Å². The summed E-state index contributed by atoms with van der Waals surface area (Å²) < 4.78 is 39.7. The molecule has 3 aromatic rings. The molecule has 0 fully saturated rings. The number of nitrogens with one attached hydrogen (secondary N) is 2. The van der Waals surface area contributed by atoms with Gasteiger partial charge in [0.25, 0.3) is 11.8 Å². The Labute approximate surface area is 187 Å². The van der Waals surface area contributed by atoms with Crippen LogP contribution >= 0.6 is 0 Å². The first kappa shape index (κ1) is 23.8. The van der Waals surface area contributed by atoms with E-state index in [0.29, 0.717) is 11.3 Å². The largest absolute Gasteiger partial charge is 0.508 e. The van der Waals surface area contributed by atoms with E-state index in [9.17, 15) is 27.9 Å². The third kappa shape index (κ3) is 5.68. The van der Waals surface area contributed by atoms with Gasteiger partial charge in [-0.3, -0.25) is 9.59 Å². The van der Waals surface area contributed by atoms with Gasteiger partial charge in [-0.05, 0) is 42.3 Å². The van der Waals surface area contributed by atoms with Crippen LogP contribution in [0.15, 0.2) is 48.8 Å². The summed E-state index contributed by atoms with van der Waals surface area (Å²) in [4.78, 5) is 28.6. The van der Waals surface area contributed by atoms with Crippen LogP contribution in [-0.2, 0) is 6.18 Å². The summed E-state index contributed by atoms with van der Waals surface area (Å²) >= 11 is 0. The summed E-state index contributed by atoms with van der Waals surface area (Å²) in [6.45, 7) is 3.96. The number of aromatic hydroxyl groups is 1. The van der Waals surface area contributed by atoms with Crippen LogP contribution in [0.4, 0.5) is 13.2 Å². The molecule has 3 rings (SSSR count). The summed E-state index contributed by atoms with van der Waals surface area (Å²) in [5.41, 5.74) is 0.243. The van der Waals surface area contributed by atoms with E-state index in [4.69, 9.17) is 0 Å². The maximum atomic E-state index is 12.8. The predicted octanol–water partition coefficient (Wildman–Crippen LogP) is 3.27. The van der Waals surface area contributed by atoms with E-state index in [-0.39, 0.29) is 42.0 Å². The number of rotatable bonds is 7. The van der Waals surface area contributed by atoms with Crippen molar-refractivity contribution in [2.45, 2.75) is 25.9 Å². The second-order valence-corrected chi connectivity index (χ2v) is 7.47. The van der Waals surface area contributed by atoms with E-state index >= 15 is 0 Å². The number of nitrogens with zero attached hydrogens (tertiary/aromatic N) is 3. The molecular formula is C22H22F3N5O3. The van der Waals surface area contributed by atoms with Crippen LogP contribution < -0.4 is 10.6 Å². The lowest BCUT2D eigenvalue weighted by atomic mass is 10.1. The average Bonchev–Trinajstić information content (AvgIpc) is 3.22. The van der Waals surface area contributed by atoms with Crippen molar-refractivity contribution in [2.75, 3.05) is 13.1 Å². The normalized spacial score (nSPS) is 11.5. The molecule has 0 bridgehead atoms. The van der Waals surface area contributed by atoms with Gasteiger partial charge in [-0.1, -0.05) is 13.8 Å². The molecular weight excluding hydrogens is 439 g/mol. The molecule has 3 N–H and O–H groups in total. The van der Waals surface area contributed by atoms with E-state index < -0.39 is 17.6 Å². The number of hydrogen-bond donors (Lipinski definition) is 3. The van der Waals surface area contributed by atoms with E-state index in [1.54, 1.807) is 0 Å². The Morgan fingerprint density at radius 2 is 1.64 bits per heavy atom. The number of carbonyl (C=O) groups excluding carboxylic acids is 2. The fourth-order valence-electron chi connectivity index (χ4n) is 3.11. The zero-order valence-electron chi connectivity index (χ0n) is 17.8. The van der Waals surface area contributed by atoms with Gasteiger partial charge in [-0.2, -0.15) is 18.3 Å². The molecule has 33 heavy (non-hydrogen) atoms. The van der Waals surface area contributed by atoms with Crippen LogP contribution in [-0.4, -0.2) is 44.8 Å². The van der Waals surface area contributed by atoms with E-state index in [0.717, 1.165) is 12.3 Å². The highest BCUT2D eigenvalue weighted by atomic mass is 19.4. The number of hydrogen-bond acceptors (Lipinski definition) is 5. The number of phenols is 1. The molecule has 2 aromatic heterocycles. The Morgan fingerprint density at radius 1 is 1.00 bits per heavy atom. The molecule has 8 nitrogen and oxygen atoms in total. The third-order valence-electron chi connectivity index (χ3n) is 4.72. The van der Waals surface area contributed by atoms with Crippen molar-refractivity contribution in [2.24, 2.45) is 0 Å². The van der Waals surface area contributed by atoms with Gasteiger partial charge in [0.1, 0.15) is 5.75 Å². The van der Waals surface area contributed by atoms with Crippen LogP contribution in [0.5, 0.6) is 5.75 Å². The first-order valence-corrected chi connectivity index (χ1v) is 10.0. The van der Waals surface area contributed by atoms with Gasteiger partial charge in [0, 0.05) is 24.8 Å². The molecule has 0 aliphatic rings. The highest BCUT2D eigenvalue weighted by Crippen LogP contribution is 2.29. The zero-order valence-corrected chi connectivity index (χ0v) is 17.8. The quantitative estimate of drug-likeness (QED) is 0.468. The molecule has 0 atom stereocenters. The van der Waals surface area contributed by atoms with Crippen molar-refractivity contribution in [3.8, 4) is 11.6 Å². The van der Waals surface area contributed by atoms with Crippen LogP contribution in [0, 0.1) is 0 Å². The predicted molar refractivity (Wildman–Crippen MR) is 113 cm³/mol. The van der Waals surface area contributed by atoms with Crippen molar-refractivity contribution >= 4 is 11.8 Å². The Hall–Kier alpha value is -3.89. The first-order valence-electron chi connectivity index (χ1n) is 10.0. The minimum Gasteiger partial charge on any atom is -0.508 e. The molecule has 2 heterocycles. The molecule has 11 heteroatoms. The molecule has 0 aliphatic heterocycles. The number of pyridine rings is 1. The highest BCUT2D eigenvalue weighted by Gasteiger charge is 2.31. The summed E-state index contributed by atoms with van der Waals surface area (Å²) in [5, 5.41) is 18.8. The van der Waals surface area contributed by atoms with Crippen molar-refractivity contribution < 1.29 is 27.9 Å². The van der Waals surface area contributed by atoms with Crippen molar-refractivity contribution in [3.05, 3.63) is 71.2 Å². The van der Waals surface area contributed by atoms with Crippen LogP contribution in [0.3, 0.4) is 0 Å². The van der Waals surface area contributed by atoms with Crippen molar-refractivity contribution in [3.63, 3.8) is 0 Å². The summed E-state index contributed by atoms with van der Waals surface area (Å²) in [7, 11) is 0. The van der Waals surface area contributed by atoms with Gasteiger partial charge in [-0.25, -0.2) is 9.67 Å². The summed E-state index contributed by atoms with van der Waals surface area (Å²) in [6.07, 6.45) is -2.45. The standard InChI is InChI=1S/C22H22F3N5O3/c1-13(2)19-17(12-29-30(19)18-8-5-15(11-28-18)22(23,24)25)21(33)27-10-9-26-20(32)14-3-6-16(31)7-4-14/h3-8,11-13,31H,9-10H2,1-2H3,(H,26,32)(H,27,33). The zero-order chi connectivity index (χ0) is 24.2. The lowest BCUT2D eigenvalue weighted by molar-refractivity contribution is -0.137. The molecule has 0 unspecified atom stereocenters. The lowest BCUT2D eigenvalue weighted by Gasteiger charge is -2.13. The second kappa shape index (κ2) is 9.72. The van der Waals surface area contributed by atoms with Gasteiger partial charge in [0.05, 0.1) is 23.0 Å². The number of phenolic OH excluding ortho intramolecular Hbond substituents is 1. The monoisotopic (exact) mass is 461 g/mol. The Kier molecular flexibility index (Phi) is 7.00. The average molecular weight is 461 g/mol.